The van der Waals surface area contributed by atoms with Crippen LogP contribution in [0.2, 0.25) is 0 Å². The SMILES string of the molecule is CS(=O)(=O)N1CCC(C#N)(N2CCOCC2)CC1. The lowest BCUT2D eigenvalue weighted by atomic mass is 9.87. The van der Waals surface area contributed by atoms with Gasteiger partial charge in [0.15, 0.2) is 0 Å². The van der Waals surface area contributed by atoms with Gasteiger partial charge in [0.05, 0.1) is 25.5 Å². The minimum Gasteiger partial charge on any atom is -0.379 e. The molecular formula is C11H19N3O3S. The summed E-state index contributed by atoms with van der Waals surface area (Å²) in [5.41, 5.74) is -0.509. The molecule has 0 N–H and O–H groups in total. The molecule has 0 aromatic rings. The van der Waals surface area contributed by atoms with Crippen LogP contribution in [0.15, 0.2) is 0 Å². The van der Waals surface area contributed by atoms with Crippen molar-refractivity contribution in [1.82, 2.24) is 9.21 Å². The smallest absolute Gasteiger partial charge is 0.211 e. The number of piperidine rings is 1. The van der Waals surface area contributed by atoms with E-state index in [1.807, 2.05) is 0 Å². The molecule has 0 amide bonds. The van der Waals surface area contributed by atoms with Crippen molar-refractivity contribution in [3.05, 3.63) is 0 Å². The molecule has 2 aliphatic heterocycles. The van der Waals surface area contributed by atoms with Crippen LogP contribution in [-0.2, 0) is 14.8 Å². The second-order valence-corrected chi connectivity index (χ2v) is 6.89. The lowest BCUT2D eigenvalue weighted by molar-refractivity contribution is -0.0179. The van der Waals surface area contributed by atoms with Crippen molar-refractivity contribution in [2.75, 3.05) is 45.6 Å². The van der Waals surface area contributed by atoms with Gasteiger partial charge in [-0.25, -0.2) is 12.7 Å². The molecular weight excluding hydrogens is 254 g/mol. The Hall–Kier alpha value is -0.680. The number of hydrogen-bond donors (Lipinski definition) is 0. The van der Waals surface area contributed by atoms with Gasteiger partial charge in [0, 0.05) is 26.2 Å². The summed E-state index contributed by atoms with van der Waals surface area (Å²) >= 11 is 0. The highest BCUT2D eigenvalue weighted by Gasteiger charge is 2.42. The Balaban J connectivity index is 2.06. The van der Waals surface area contributed by atoms with Gasteiger partial charge in [-0.2, -0.15) is 5.26 Å². The molecule has 2 saturated heterocycles. The lowest BCUT2D eigenvalue weighted by Crippen LogP contribution is -2.58. The molecule has 6 nitrogen and oxygen atoms in total. The Kier molecular flexibility index (Phi) is 3.92. The van der Waals surface area contributed by atoms with Crippen LogP contribution >= 0.6 is 0 Å². The fourth-order valence-corrected chi connectivity index (χ4v) is 3.52. The zero-order valence-corrected chi connectivity index (χ0v) is 11.4. The number of morpholine rings is 1. The number of ether oxygens (including phenoxy) is 1. The van der Waals surface area contributed by atoms with E-state index in [4.69, 9.17) is 4.74 Å². The lowest BCUT2D eigenvalue weighted by Gasteiger charge is -2.45. The molecule has 2 aliphatic rings. The van der Waals surface area contributed by atoms with Gasteiger partial charge in [-0.3, -0.25) is 4.90 Å². The molecule has 0 aliphatic carbocycles. The molecule has 0 radical (unpaired) electrons. The first-order valence-electron chi connectivity index (χ1n) is 6.17. The summed E-state index contributed by atoms with van der Waals surface area (Å²) in [6.07, 6.45) is 2.38. The van der Waals surface area contributed by atoms with Crippen LogP contribution in [0.25, 0.3) is 0 Å². The molecule has 7 heteroatoms. The van der Waals surface area contributed by atoms with Gasteiger partial charge in [-0.15, -0.1) is 0 Å². The summed E-state index contributed by atoms with van der Waals surface area (Å²) in [4.78, 5) is 2.15. The number of hydrogen-bond acceptors (Lipinski definition) is 5. The molecule has 2 fully saturated rings. The Morgan fingerprint density at radius 1 is 1.17 bits per heavy atom. The van der Waals surface area contributed by atoms with Gasteiger partial charge < -0.3 is 4.74 Å². The zero-order valence-electron chi connectivity index (χ0n) is 10.6. The number of nitriles is 1. The molecule has 0 unspecified atom stereocenters. The average molecular weight is 273 g/mol. The Labute approximate surface area is 108 Å². The van der Waals surface area contributed by atoms with E-state index >= 15 is 0 Å². The summed E-state index contributed by atoms with van der Waals surface area (Å²) in [7, 11) is -3.13. The molecule has 0 atom stereocenters. The molecule has 102 valence electrons. The van der Waals surface area contributed by atoms with Crippen LogP contribution in [0.5, 0.6) is 0 Å². The largest absolute Gasteiger partial charge is 0.379 e. The molecule has 0 aromatic carbocycles. The first-order chi connectivity index (χ1) is 8.48. The molecule has 0 bridgehead atoms. The van der Waals surface area contributed by atoms with E-state index in [0.717, 1.165) is 13.1 Å². The first kappa shape index (κ1) is 13.7. The third-order valence-corrected chi connectivity index (χ3v) is 5.15. The normalized spacial score (nSPS) is 26.7. The standard InChI is InChI=1S/C11H19N3O3S/c1-18(15,16)14-4-2-11(10-12,3-5-14)13-6-8-17-9-7-13/h2-9H2,1H3. The van der Waals surface area contributed by atoms with Crippen molar-refractivity contribution in [2.45, 2.75) is 18.4 Å². The predicted molar refractivity (Wildman–Crippen MR) is 66.4 cm³/mol. The molecule has 0 spiro atoms. The van der Waals surface area contributed by atoms with Crippen molar-refractivity contribution in [2.24, 2.45) is 0 Å². The van der Waals surface area contributed by atoms with Crippen LogP contribution in [0.4, 0.5) is 0 Å². The molecule has 0 aromatic heterocycles. The third kappa shape index (κ3) is 2.67. The van der Waals surface area contributed by atoms with Crippen molar-refractivity contribution < 1.29 is 13.2 Å². The molecule has 18 heavy (non-hydrogen) atoms. The Bertz CT molecular complexity index is 429. The molecule has 2 heterocycles. The Morgan fingerprint density at radius 2 is 1.72 bits per heavy atom. The highest BCUT2D eigenvalue weighted by molar-refractivity contribution is 7.88. The zero-order chi connectivity index (χ0) is 13.2. The van der Waals surface area contributed by atoms with Gasteiger partial charge in [0.25, 0.3) is 0 Å². The van der Waals surface area contributed by atoms with Crippen LogP contribution in [0.1, 0.15) is 12.8 Å². The van der Waals surface area contributed by atoms with Crippen LogP contribution in [0.3, 0.4) is 0 Å². The first-order valence-corrected chi connectivity index (χ1v) is 8.02. The summed E-state index contributed by atoms with van der Waals surface area (Å²) in [6, 6.07) is 2.41. The minimum absolute atomic E-state index is 0.434. The van der Waals surface area contributed by atoms with E-state index in [2.05, 4.69) is 11.0 Å². The topological polar surface area (TPSA) is 73.6 Å². The van der Waals surface area contributed by atoms with E-state index in [9.17, 15) is 13.7 Å². The van der Waals surface area contributed by atoms with Crippen molar-refractivity contribution >= 4 is 10.0 Å². The van der Waals surface area contributed by atoms with E-state index in [-0.39, 0.29) is 0 Å². The van der Waals surface area contributed by atoms with Crippen molar-refractivity contribution in [3.8, 4) is 6.07 Å². The van der Waals surface area contributed by atoms with Crippen molar-refractivity contribution in [3.63, 3.8) is 0 Å². The summed E-state index contributed by atoms with van der Waals surface area (Å²) in [6.45, 7) is 3.69. The fraction of sp³-hybridized carbons (Fsp3) is 0.909. The van der Waals surface area contributed by atoms with E-state index in [1.165, 1.54) is 10.6 Å². The maximum atomic E-state index is 11.5. The van der Waals surface area contributed by atoms with Crippen LogP contribution < -0.4 is 0 Å². The average Bonchev–Trinajstić information content (AvgIpc) is 2.39. The van der Waals surface area contributed by atoms with E-state index in [0.29, 0.717) is 39.1 Å². The van der Waals surface area contributed by atoms with Gasteiger partial charge in [0.2, 0.25) is 10.0 Å². The number of rotatable bonds is 2. The highest BCUT2D eigenvalue weighted by Crippen LogP contribution is 2.30. The van der Waals surface area contributed by atoms with Crippen molar-refractivity contribution in [1.29, 1.82) is 5.26 Å². The highest BCUT2D eigenvalue weighted by atomic mass is 32.2. The summed E-state index contributed by atoms with van der Waals surface area (Å²) < 4.78 is 29.7. The van der Waals surface area contributed by atoms with E-state index in [1.54, 1.807) is 0 Å². The second-order valence-electron chi connectivity index (χ2n) is 4.90. The maximum absolute atomic E-state index is 11.5. The van der Waals surface area contributed by atoms with Gasteiger partial charge in [-0.05, 0) is 12.8 Å². The van der Waals surface area contributed by atoms with Gasteiger partial charge in [0.1, 0.15) is 5.54 Å². The quantitative estimate of drug-likeness (QED) is 0.687. The summed E-state index contributed by atoms with van der Waals surface area (Å²) in [5.74, 6) is 0. The Morgan fingerprint density at radius 3 is 2.17 bits per heavy atom. The minimum atomic E-state index is -3.13. The van der Waals surface area contributed by atoms with E-state index < -0.39 is 15.6 Å². The van der Waals surface area contributed by atoms with Crippen LogP contribution in [-0.4, -0.2) is 68.8 Å². The number of nitrogens with zero attached hydrogens (tertiary/aromatic N) is 3. The van der Waals surface area contributed by atoms with Gasteiger partial charge in [-0.1, -0.05) is 0 Å². The van der Waals surface area contributed by atoms with Gasteiger partial charge >= 0.3 is 0 Å². The monoisotopic (exact) mass is 273 g/mol. The summed E-state index contributed by atoms with van der Waals surface area (Å²) in [5, 5.41) is 9.48. The van der Waals surface area contributed by atoms with Crippen LogP contribution in [0, 0.1) is 11.3 Å². The second kappa shape index (κ2) is 5.13. The molecule has 0 saturated carbocycles. The predicted octanol–water partition coefficient (Wildman–Crippen LogP) is -0.364. The fourth-order valence-electron chi connectivity index (χ4n) is 2.68. The maximum Gasteiger partial charge on any atom is 0.211 e. The number of sulfonamides is 1. The third-order valence-electron chi connectivity index (χ3n) is 3.84. The molecule has 2 rings (SSSR count).